The van der Waals surface area contributed by atoms with Crippen molar-refractivity contribution >= 4 is 35.2 Å². The molecule has 31 heavy (non-hydrogen) atoms. The van der Waals surface area contributed by atoms with Crippen LogP contribution in [0.1, 0.15) is 36.0 Å². The van der Waals surface area contributed by atoms with E-state index in [1.807, 2.05) is 0 Å². The number of carbonyl (C=O) groups excluding carboxylic acids is 4. The van der Waals surface area contributed by atoms with Gasteiger partial charge in [-0.1, -0.05) is 11.6 Å². The maximum atomic E-state index is 13.4. The standard InChI is InChI=1S/C21H22ClFN4O4/c22-13-7-11(3-4-14(13)23)18(28)24-12-8-16-19(29)25-15-5-6-26(20(30)10-1-2-10)17(15)21(31)27(16)9-12/h3-4,7,10,12,15-17H,1-2,5-6,8-9H2,(H,24,28)(H,25,29)/t12-,15-,16+,17-/m0/s1. The molecule has 0 unspecified atom stereocenters. The van der Waals surface area contributed by atoms with Crippen LogP contribution < -0.4 is 10.6 Å². The van der Waals surface area contributed by atoms with Crippen LogP contribution in [0.2, 0.25) is 5.02 Å². The van der Waals surface area contributed by atoms with Crippen molar-refractivity contribution in [2.24, 2.45) is 5.92 Å². The van der Waals surface area contributed by atoms with Crippen LogP contribution in [0.3, 0.4) is 0 Å². The number of halogens is 2. The Morgan fingerprint density at radius 3 is 2.68 bits per heavy atom. The van der Waals surface area contributed by atoms with E-state index in [4.69, 9.17) is 11.6 Å². The van der Waals surface area contributed by atoms with Gasteiger partial charge >= 0.3 is 0 Å². The fourth-order valence-corrected chi connectivity index (χ4v) is 5.03. The minimum Gasteiger partial charge on any atom is -0.349 e. The molecule has 0 spiro atoms. The van der Waals surface area contributed by atoms with Gasteiger partial charge in [0.15, 0.2) is 0 Å². The van der Waals surface area contributed by atoms with Crippen LogP contribution in [0, 0.1) is 11.7 Å². The van der Waals surface area contributed by atoms with Gasteiger partial charge in [0.25, 0.3) is 5.91 Å². The lowest BCUT2D eigenvalue weighted by molar-refractivity contribution is -0.145. The first-order valence-electron chi connectivity index (χ1n) is 10.5. The van der Waals surface area contributed by atoms with Crippen LogP contribution in [-0.2, 0) is 14.4 Å². The Morgan fingerprint density at radius 1 is 1.19 bits per heavy atom. The molecule has 8 nitrogen and oxygen atoms in total. The van der Waals surface area contributed by atoms with Gasteiger partial charge in [-0.2, -0.15) is 0 Å². The van der Waals surface area contributed by atoms with Crippen LogP contribution in [0.4, 0.5) is 4.39 Å². The molecule has 3 aliphatic heterocycles. The summed E-state index contributed by atoms with van der Waals surface area (Å²) >= 11 is 5.75. The lowest BCUT2D eigenvalue weighted by Crippen LogP contribution is -2.53. The van der Waals surface area contributed by atoms with Gasteiger partial charge in [0.05, 0.1) is 11.1 Å². The third-order valence-electron chi connectivity index (χ3n) is 6.59. The third-order valence-corrected chi connectivity index (χ3v) is 6.88. The summed E-state index contributed by atoms with van der Waals surface area (Å²) in [6, 6.07) is 1.48. The summed E-state index contributed by atoms with van der Waals surface area (Å²) in [7, 11) is 0. The Hall–Kier alpha value is -2.68. The molecule has 1 saturated carbocycles. The molecule has 1 aromatic rings. The molecule has 5 rings (SSSR count). The van der Waals surface area contributed by atoms with Crippen molar-refractivity contribution < 1.29 is 23.6 Å². The van der Waals surface area contributed by atoms with Crippen LogP contribution in [0.5, 0.6) is 0 Å². The molecule has 164 valence electrons. The minimum atomic E-state index is -0.696. The number of rotatable bonds is 3. The van der Waals surface area contributed by atoms with E-state index in [-0.39, 0.29) is 53.2 Å². The van der Waals surface area contributed by atoms with Gasteiger partial charge in [-0.3, -0.25) is 19.2 Å². The highest BCUT2D eigenvalue weighted by Gasteiger charge is 2.53. The van der Waals surface area contributed by atoms with Gasteiger partial charge in [-0.25, -0.2) is 4.39 Å². The summed E-state index contributed by atoms with van der Waals surface area (Å²) in [5.41, 5.74) is 0.196. The third kappa shape index (κ3) is 3.54. The van der Waals surface area contributed by atoms with E-state index < -0.39 is 29.8 Å². The zero-order valence-corrected chi connectivity index (χ0v) is 17.4. The highest BCUT2D eigenvalue weighted by Crippen LogP contribution is 2.36. The van der Waals surface area contributed by atoms with E-state index in [9.17, 15) is 23.6 Å². The lowest BCUT2D eigenvalue weighted by Gasteiger charge is -2.29. The van der Waals surface area contributed by atoms with E-state index in [2.05, 4.69) is 10.6 Å². The smallest absolute Gasteiger partial charge is 0.251 e. The largest absolute Gasteiger partial charge is 0.349 e. The maximum absolute atomic E-state index is 13.4. The molecule has 0 radical (unpaired) electrons. The Kier molecular flexibility index (Phi) is 4.88. The predicted octanol–water partition coefficient (Wildman–Crippen LogP) is 0.688. The number of benzene rings is 1. The molecule has 1 aromatic carbocycles. The molecule has 3 saturated heterocycles. The van der Waals surface area contributed by atoms with Crippen LogP contribution >= 0.6 is 11.6 Å². The van der Waals surface area contributed by atoms with Crippen LogP contribution in [0.25, 0.3) is 0 Å². The highest BCUT2D eigenvalue weighted by atomic mass is 35.5. The summed E-state index contributed by atoms with van der Waals surface area (Å²) < 4.78 is 13.4. The second kappa shape index (κ2) is 7.47. The van der Waals surface area contributed by atoms with Crippen molar-refractivity contribution in [3.63, 3.8) is 0 Å². The Balaban J connectivity index is 1.32. The number of hydrogen-bond acceptors (Lipinski definition) is 4. The first-order valence-corrected chi connectivity index (χ1v) is 10.9. The van der Waals surface area contributed by atoms with E-state index in [0.717, 1.165) is 18.9 Å². The lowest BCUT2D eigenvalue weighted by atomic mass is 10.1. The van der Waals surface area contributed by atoms with E-state index >= 15 is 0 Å². The Bertz CT molecular complexity index is 984. The first-order chi connectivity index (χ1) is 14.8. The molecular formula is C21H22ClFN4O4. The molecule has 0 aromatic heterocycles. The molecular weight excluding hydrogens is 427 g/mol. The second-order valence-corrected chi connectivity index (χ2v) is 9.10. The Labute approximate surface area is 183 Å². The van der Waals surface area contributed by atoms with Crippen molar-refractivity contribution in [1.82, 2.24) is 20.4 Å². The summed E-state index contributed by atoms with van der Waals surface area (Å²) in [6.45, 7) is 0.632. The molecule has 0 bridgehead atoms. The molecule has 4 atom stereocenters. The molecule has 1 aliphatic carbocycles. The van der Waals surface area contributed by atoms with E-state index in [1.54, 1.807) is 4.90 Å². The van der Waals surface area contributed by atoms with Gasteiger partial charge in [0.2, 0.25) is 17.7 Å². The number of fused-ring (bicyclic) bond motifs is 2. The van der Waals surface area contributed by atoms with Crippen LogP contribution in [-0.4, -0.2) is 70.7 Å². The molecule has 2 N–H and O–H groups in total. The number of amides is 4. The zero-order valence-electron chi connectivity index (χ0n) is 16.6. The molecule has 10 heteroatoms. The second-order valence-electron chi connectivity index (χ2n) is 8.70. The van der Waals surface area contributed by atoms with E-state index in [0.29, 0.717) is 13.0 Å². The summed E-state index contributed by atoms with van der Waals surface area (Å²) in [5, 5.41) is 5.59. The molecule has 4 amide bonds. The number of hydrogen-bond donors (Lipinski definition) is 2. The van der Waals surface area contributed by atoms with Gasteiger partial charge in [-0.15, -0.1) is 0 Å². The highest BCUT2D eigenvalue weighted by molar-refractivity contribution is 6.31. The van der Waals surface area contributed by atoms with Crippen molar-refractivity contribution in [3.05, 3.63) is 34.6 Å². The average Bonchev–Trinajstić information content (AvgIpc) is 3.40. The average molecular weight is 449 g/mol. The summed E-state index contributed by atoms with van der Waals surface area (Å²) in [5.74, 6) is -1.60. The summed E-state index contributed by atoms with van der Waals surface area (Å²) in [4.78, 5) is 54.5. The summed E-state index contributed by atoms with van der Waals surface area (Å²) in [6.07, 6.45) is 2.53. The maximum Gasteiger partial charge on any atom is 0.251 e. The van der Waals surface area contributed by atoms with Gasteiger partial charge in [0, 0.05) is 30.6 Å². The van der Waals surface area contributed by atoms with Gasteiger partial charge in [0.1, 0.15) is 17.9 Å². The van der Waals surface area contributed by atoms with Crippen LogP contribution in [0.15, 0.2) is 18.2 Å². The van der Waals surface area contributed by atoms with Crippen molar-refractivity contribution in [1.29, 1.82) is 0 Å². The minimum absolute atomic E-state index is 0.00514. The molecule has 3 heterocycles. The van der Waals surface area contributed by atoms with Gasteiger partial charge < -0.3 is 20.4 Å². The number of nitrogens with zero attached hydrogens (tertiary/aromatic N) is 2. The number of nitrogens with one attached hydrogen (secondary N) is 2. The predicted molar refractivity (Wildman–Crippen MR) is 108 cm³/mol. The Morgan fingerprint density at radius 2 is 1.97 bits per heavy atom. The number of carbonyl (C=O) groups is 4. The molecule has 4 aliphatic rings. The normalized spacial score (nSPS) is 29.9. The topological polar surface area (TPSA) is 98.8 Å². The van der Waals surface area contributed by atoms with Crippen molar-refractivity contribution in [2.45, 2.75) is 49.9 Å². The quantitative estimate of drug-likeness (QED) is 0.710. The monoisotopic (exact) mass is 448 g/mol. The fraction of sp³-hybridized carbons (Fsp3) is 0.524. The zero-order chi connectivity index (χ0) is 21.9. The SMILES string of the molecule is O=C(N[C@H]1C[C@@H]2C(=O)N[C@H]3CCN(C(=O)C4CC4)[C@@H]3C(=O)N2C1)c1ccc(F)c(Cl)c1. The van der Waals surface area contributed by atoms with Gasteiger partial charge in [-0.05, 0) is 43.9 Å². The van der Waals surface area contributed by atoms with Crippen molar-refractivity contribution in [3.8, 4) is 0 Å². The van der Waals surface area contributed by atoms with Crippen molar-refractivity contribution in [2.75, 3.05) is 13.1 Å². The van der Waals surface area contributed by atoms with E-state index in [1.165, 1.54) is 17.0 Å². The molecule has 4 fully saturated rings. The number of likely N-dealkylation sites (tertiary alicyclic amines) is 1. The fourth-order valence-electron chi connectivity index (χ4n) is 4.85. The first kappa shape index (κ1) is 20.2.